The zero-order valence-electron chi connectivity index (χ0n) is 8.47. The van der Waals surface area contributed by atoms with Gasteiger partial charge in [0.15, 0.2) is 0 Å². The molecule has 1 aromatic rings. The van der Waals surface area contributed by atoms with E-state index < -0.39 is 6.17 Å². The minimum Gasteiger partial charge on any atom is -0.496 e. The molecule has 1 aliphatic rings. The third-order valence-corrected chi connectivity index (χ3v) is 2.64. The summed E-state index contributed by atoms with van der Waals surface area (Å²) < 4.78 is 31.2. The molecule has 1 fully saturated rings. The van der Waals surface area contributed by atoms with E-state index in [1.165, 1.54) is 19.2 Å². The van der Waals surface area contributed by atoms with Gasteiger partial charge < -0.3 is 10.1 Å². The highest BCUT2D eigenvalue weighted by Gasteiger charge is 2.27. The smallest absolute Gasteiger partial charge is 0.123 e. The first-order valence-electron chi connectivity index (χ1n) is 4.91. The average Bonchev–Trinajstić information content (AvgIpc) is 2.65. The molecule has 0 saturated carbocycles. The van der Waals surface area contributed by atoms with Gasteiger partial charge in [0, 0.05) is 18.2 Å². The summed E-state index contributed by atoms with van der Waals surface area (Å²) in [6.07, 6.45) is -0.484. The van der Waals surface area contributed by atoms with Crippen LogP contribution in [0, 0.1) is 5.82 Å². The topological polar surface area (TPSA) is 21.3 Å². The molecule has 82 valence electrons. The molecule has 1 saturated heterocycles. The highest BCUT2D eigenvalue weighted by Crippen LogP contribution is 2.32. The van der Waals surface area contributed by atoms with Crippen molar-refractivity contribution in [1.82, 2.24) is 5.32 Å². The molecule has 0 aromatic heterocycles. The molecule has 0 spiro atoms. The van der Waals surface area contributed by atoms with Gasteiger partial charge in [0.1, 0.15) is 17.7 Å². The maximum atomic E-state index is 13.1. The fourth-order valence-electron chi connectivity index (χ4n) is 1.91. The van der Waals surface area contributed by atoms with Crippen LogP contribution in [0.4, 0.5) is 8.78 Å². The van der Waals surface area contributed by atoms with Crippen LogP contribution >= 0.6 is 0 Å². The van der Waals surface area contributed by atoms with Crippen molar-refractivity contribution in [3.8, 4) is 5.75 Å². The van der Waals surface area contributed by atoms with E-state index in [1.54, 1.807) is 6.07 Å². The number of benzene rings is 1. The first-order chi connectivity index (χ1) is 7.20. The number of nitrogens with one attached hydrogen (secondary N) is 1. The molecule has 0 radical (unpaired) electrons. The van der Waals surface area contributed by atoms with E-state index in [0.717, 1.165) is 0 Å². The molecular weight excluding hydrogens is 200 g/mol. The van der Waals surface area contributed by atoms with Gasteiger partial charge in [-0.2, -0.15) is 0 Å². The summed E-state index contributed by atoms with van der Waals surface area (Å²) in [5, 5.41) is 3.00. The van der Waals surface area contributed by atoms with Gasteiger partial charge in [0.05, 0.1) is 7.11 Å². The second kappa shape index (κ2) is 4.14. The molecule has 2 nitrogen and oxygen atoms in total. The van der Waals surface area contributed by atoms with E-state index in [-0.39, 0.29) is 11.9 Å². The Morgan fingerprint density at radius 3 is 2.87 bits per heavy atom. The van der Waals surface area contributed by atoms with E-state index in [9.17, 15) is 8.78 Å². The van der Waals surface area contributed by atoms with Crippen LogP contribution in [0.1, 0.15) is 18.0 Å². The Hall–Kier alpha value is -1.16. The molecule has 15 heavy (non-hydrogen) atoms. The number of hydrogen-bond acceptors (Lipinski definition) is 2. The SMILES string of the molecule is COc1ccc(F)cc1C1CC(F)CN1. The predicted octanol–water partition coefficient (Wildman–Crippen LogP) is 2.21. The molecule has 1 N–H and O–H groups in total. The zero-order valence-corrected chi connectivity index (χ0v) is 8.47. The van der Waals surface area contributed by atoms with Crippen LogP contribution in [0.25, 0.3) is 0 Å². The summed E-state index contributed by atoms with van der Waals surface area (Å²) in [5.74, 6) is 0.276. The summed E-state index contributed by atoms with van der Waals surface area (Å²) in [7, 11) is 1.53. The molecule has 0 bridgehead atoms. The lowest BCUT2D eigenvalue weighted by Gasteiger charge is -2.14. The fourth-order valence-corrected chi connectivity index (χ4v) is 1.91. The van der Waals surface area contributed by atoms with Crippen LogP contribution < -0.4 is 10.1 Å². The standard InChI is InChI=1S/C11H13F2NO/c1-15-11-3-2-7(12)4-9(11)10-5-8(13)6-14-10/h2-4,8,10,14H,5-6H2,1H3. The van der Waals surface area contributed by atoms with Crippen LogP contribution in [-0.2, 0) is 0 Å². The molecule has 1 aromatic carbocycles. The largest absolute Gasteiger partial charge is 0.496 e. The fraction of sp³-hybridized carbons (Fsp3) is 0.455. The van der Waals surface area contributed by atoms with Gasteiger partial charge in [-0.05, 0) is 24.6 Å². The van der Waals surface area contributed by atoms with Crippen molar-refractivity contribution in [2.45, 2.75) is 18.6 Å². The van der Waals surface area contributed by atoms with Crippen LogP contribution in [0.15, 0.2) is 18.2 Å². The molecule has 4 heteroatoms. The van der Waals surface area contributed by atoms with Crippen molar-refractivity contribution in [2.24, 2.45) is 0 Å². The minimum absolute atomic E-state index is 0.148. The molecule has 0 amide bonds. The van der Waals surface area contributed by atoms with Crippen molar-refractivity contribution < 1.29 is 13.5 Å². The van der Waals surface area contributed by atoms with Gasteiger partial charge in [0.2, 0.25) is 0 Å². The summed E-state index contributed by atoms with van der Waals surface area (Å²) in [6, 6.07) is 4.15. The second-order valence-corrected chi connectivity index (χ2v) is 3.68. The minimum atomic E-state index is -0.858. The zero-order chi connectivity index (χ0) is 10.8. The van der Waals surface area contributed by atoms with E-state index >= 15 is 0 Å². The molecule has 2 unspecified atom stereocenters. The number of rotatable bonds is 2. The van der Waals surface area contributed by atoms with E-state index in [2.05, 4.69) is 5.32 Å². The molecule has 2 rings (SSSR count). The molecule has 1 heterocycles. The maximum absolute atomic E-state index is 13.1. The Bertz CT molecular complexity index is 356. The Balaban J connectivity index is 2.29. The third kappa shape index (κ3) is 2.09. The summed E-state index contributed by atoms with van der Waals surface area (Å²) in [5.41, 5.74) is 0.692. The third-order valence-electron chi connectivity index (χ3n) is 2.64. The van der Waals surface area contributed by atoms with Gasteiger partial charge in [-0.3, -0.25) is 0 Å². The predicted molar refractivity (Wildman–Crippen MR) is 53.2 cm³/mol. The van der Waals surface area contributed by atoms with Gasteiger partial charge in [-0.1, -0.05) is 0 Å². The highest BCUT2D eigenvalue weighted by atomic mass is 19.1. The Morgan fingerprint density at radius 2 is 2.27 bits per heavy atom. The normalized spacial score (nSPS) is 25.5. The lowest BCUT2D eigenvalue weighted by molar-refractivity contribution is 0.353. The summed E-state index contributed by atoms with van der Waals surface area (Å²) in [6.45, 7) is 0.324. The van der Waals surface area contributed by atoms with Gasteiger partial charge in [0.25, 0.3) is 0 Å². The number of alkyl halides is 1. The van der Waals surface area contributed by atoms with Crippen LogP contribution in [0.2, 0.25) is 0 Å². The van der Waals surface area contributed by atoms with Crippen molar-refractivity contribution in [2.75, 3.05) is 13.7 Å². The van der Waals surface area contributed by atoms with Gasteiger partial charge in [-0.15, -0.1) is 0 Å². The van der Waals surface area contributed by atoms with Crippen molar-refractivity contribution in [1.29, 1.82) is 0 Å². The van der Waals surface area contributed by atoms with Crippen LogP contribution in [-0.4, -0.2) is 19.8 Å². The Morgan fingerprint density at radius 1 is 1.47 bits per heavy atom. The Labute approximate surface area is 87.2 Å². The van der Waals surface area contributed by atoms with Crippen LogP contribution in [0.5, 0.6) is 5.75 Å². The molecule has 0 aliphatic carbocycles. The monoisotopic (exact) mass is 213 g/mol. The van der Waals surface area contributed by atoms with E-state index in [4.69, 9.17) is 4.74 Å². The quantitative estimate of drug-likeness (QED) is 0.813. The number of ether oxygens (including phenoxy) is 1. The van der Waals surface area contributed by atoms with Gasteiger partial charge in [-0.25, -0.2) is 8.78 Å². The molecule has 1 aliphatic heterocycles. The highest BCUT2D eigenvalue weighted by molar-refractivity contribution is 5.37. The first-order valence-corrected chi connectivity index (χ1v) is 4.91. The van der Waals surface area contributed by atoms with Crippen molar-refractivity contribution in [3.63, 3.8) is 0 Å². The maximum Gasteiger partial charge on any atom is 0.123 e. The van der Waals surface area contributed by atoms with E-state index in [0.29, 0.717) is 24.3 Å². The summed E-state index contributed by atoms with van der Waals surface area (Å²) >= 11 is 0. The average molecular weight is 213 g/mol. The molecular formula is C11H13F2NO. The number of halogens is 2. The lowest BCUT2D eigenvalue weighted by atomic mass is 10.0. The number of hydrogen-bond donors (Lipinski definition) is 1. The lowest BCUT2D eigenvalue weighted by Crippen LogP contribution is -2.14. The number of methoxy groups -OCH3 is 1. The van der Waals surface area contributed by atoms with Gasteiger partial charge >= 0.3 is 0 Å². The summed E-state index contributed by atoms with van der Waals surface area (Å²) in [4.78, 5) is 0. The van der Waals surface area contributed by atoms with Crippen molar-refractivity contribution >= 4 is 0 Å². The molecule has 2 atom stereocenters. The van der Waals surface area contributed by atoms with Crippen LogP contribution in [0.3, 0.4) is 0 Å². The Kier molecular flexibility index (Phi) is 2.86. The van der Waals surface area contributed by atoms with E-state index in [1.807, 2.05) is 0 Å². The van der Waals surface area contributed by atoms with Crippen molar-refractivity contribution in [3.05, 3.63) is 29.6 Å². The first kappa shape index (κ1) is 10.4. The second-order valence-electron chi connectivity index (χ2n) is 3.68.